The Morgan fingerprint density at radius 1 is 1.29 bits per heavy atom. The number of benzene rings is 1. The molecule has 2 nitrogen and oxygen atoms in total. The fraction of sp³-hybridized carbons (Fsp3) is 0.647. The minimum Gasteiger partial charge on any atom is -0.312 e. The van der Waals surface area contributed by atoms with E-state index in [4.69, 9.17) is 0 Å². The molecule has 1 fully saturated rings. The van der Waals surface area contributed by atoms with E-state index in [-0.39, 0.29) is 6.04 Å². The average Bonchev–Trinajstić information content (AvgIpc) is 2.92. The van der Waals surface area contributed by atoms with Crippen LogP contribution in [0.3, 0.4) is 0 Å². The highest BCUT2D eigenvalue weighted by Gasteiger charge is 2.35. The maximum absolute atomic E-state index is 14.0. The summed E-state index contributed by atoms with van der Waals surface area (Å²) in [4.78, 5) is 2.37. The summed E-state index contributed by atoms with van der Waals surface area (Å²) in [5.41, 5.74) is 0.821. The highest BCUT2D eigenvalue weighted by molar-refractivity contribution is 5.23. The Balaban J connectivity index is 2.09. The minimum atomic E-state index is -0.773. The first-order chi connectivity index (χ1) is 10.0. The molecule has 1 atom stereocenters. The van der Waals surface area contributed by atoms with Gasteiger partial charge in [0.15, 0.2) is 11.6 Å². The topological polar surface area (TPSA) is 15.3 Å². The van der Waals surface area contributed by atoms with E-state index >= 15 is 0 Å². The molecule has 118 valence electrons. The summed E-state index contributed by atoms with van der Waals surface area (Å²) < 4.78 is 27.4. The smallest absolute Gasteiger partial charge is 0.163 e. The van der Waals surface area contributed by atoms with Gasteiger partial charge in [0.05, 0.1) is 0 Å². The lowest BCUT2D eigenvalue weighted by Crippen LogP contribution is -2.34. The number of rotatable bonds is 6. The molecule has 1 saturated heterocycles. The van der Waals surface area contributed by atoms with Gasteiger partial charge in [-0.05, 0) is 44.3 Å². The van der Waals surface area contributed by atoms with Crippen LogP contribution in [-0.2, 0) is 0 Å². The Labute approximate surface area is 126 Å². The SMILES string of the molecule is CCC1(CC)CCN(CC(NC)c2cccc(F)c2F)C1. The van der Waals surface area contributed by atoms with Crippen LogP contribution in [0.5, 0.6) is 0 Å². The Morgan fingerprint density at radius 2 is 2.00 bits per heavy atom. The van der Waals surface area contributed by atoms with Crippen molar-refractivity contribution in [1.82, 2.24) is 10.2 Å². The van der Waals surface area contributed by atoms with E-state index in [1.807, 2.05) is 0 Å². The molecule has 0 aromatic heterocycles. The van der Waals surface area contributed by atoms with Crippen molar-refractivity contribution in [1.29, 1.82) is 0 Å². The van der Waals surface area contributed by atoms with E-state index in [1.165, 1.54) is 25.3 Å². The second-order valence-corrected chi connectivity index (χ2v) is 6.18. The summed E-state index contributed by atoms with van der Waals surface area (Å²) in [5, 5.41) is 3.13. The van der Waals surface area contributed by atoms with Crippen molar-refractivity contribution in [2.75, 3.05) is 26.7 Å². The first kappa shape index (κ1) is 16.4. The zero-order chi connectivity index (χ0) is 15.5. The summed E-state index contributed by atoms with van der Waals surface area (Å²) >= 11 is 0. The Hall–Kier alpha value is -1.00. The van der Waals surface area contributed by atoms with Crippen LogP contribution in [0.25, 0.3) is 0 Å². The van der Waals surface area contributed by atoms with E-state index < -0.39 is 11.6 Å². The van der Waals surface area contributed by atoms with Crippen LogP contribution in [0.4, 0.5) is 8.78 Å². The van der Waals surface area contributed by atoms with E-state index in [0.29, 0.717) is 11.0 Å². The van der Waals surface area contributed by atoms with Gasteiger partial charge in [0.1, 0.15) is 0 Å². The Kier molecular flexibility index (Phi) is 5.33. The molecule has 21 heavy (non-hydrogen) atoms. The van der Waals surface area contributed by atoms with Gasteiger partial charge in [-0.15, -0.1) is 0 Å². The molecule has 4 heteroatoms. The number of likely N-dealkylation sites (tertiary alicyclic amines) is 1. The number of nitrogens with one attached hydrogen (secondary N) is 1. The highest BCUT2D eigenvalue weighted by atomic mass is 19.2. The van der Waals surface area contributed by atoms with E-state index in [2.05, 4.69) is 24.1 Å². The Morgan fingerprint density at radius 3 is 2.57 bits per heavy atom. The van der Waals surface area contributed by atoms with Gasteiger partial charge < -0.3 is 10.2 Å². The Bertz CT molecular complexity index is 472. The first-order valence-electron chi connectivity index (χ1n) is 7.88. The normalized spacial score (nSPS) is 19.9. The van der Waals surface area contributed by atoms with Crippen molar-refractivity contribution in [3.8, 4) is 0 Å². The van der Waals surface area contributed by atoms with Crippen LogP contribution in [0.2, 0.25) is 0 Å². The predicted molar refractivity (Wildman–Crippen MR) is 82.2 cm³/mol. The number of likely N-dealkylation sites (N-methyl/N-ethyl adjacent to an activating group) is 1. The van der Waals surface area contributed by atoms with Crippen molar-refractivity contribution in [2.45, 2.75) is 39.2 Å². The van der Waals surface area contributed by atoms with Gasteiger partial charge in [-0.3, -0.25) is 0 Å². The lowest BCUT2D eigenvalue weighted by molar-refractivity contribution is 0.226. The average molecular weight is 296 g/mol. The van der Waals surface area contributed by atoms with Gasteiger partial charge in [-0.1, -0.05) is 26.0 Å². The van der Waals surface area contributed by atoms with Gasteiger partial charge >= 0.3 is 0 Å². The number of hydrogen-bond acceptors (Lipinski definition) is 2. The van der Waals surface area contributed by atoms with Crippen molar-refractivity contribution < 1.29 is 8.78 Å². The fourth-order valence-corrected chi connectivity index (χ4v) is 3.40. The van der Waals surface area contributed by atoms with Crippen LogP contribution in [0.15, 0.2) is 18.2 Å². The largest absolute Gasteiger partial charge is 0.312 e. The molecule has 0 amide bonds. The monoisotopic (exact) mass is 296 g/mol. The zero-order valence-electron chi connectivity index (χ0n) is 13.3. The van der Waals surface area contributed by atoms with Crippen LogP contribution in [0, 0.1) is 17.0 Å². The summed E-state index contributed by atoms with van der Waals surface area (Å²) in [5.74, 6) is -1.50. The first-order valence-corrected chi connectivity index (χ1v) is 7.88. The zero-order valence-corrected chi connectivity index (χ0v) is 13.3. The molecule has 1 N–H and O–H groups in total. The molecule has 1 heterocycles. The standard InChI is InChI=1S/C17H26F2N2/c1-4-17(5-2)9-10-21(12-17)11-15(20-3)13-7-6-8-14(18)16(13)19/h6-8,15,20H,4-5,9-12H2,1-3H3. The molecular weight excluding hydrogens is 270 g/mol. The van der Waals surface area contributed by atoms with Crippen LogP contribution < -0.4 is 5.32 Å². The van der Waals surface area contributed by atoms with E-state index in [9.17, 15) is 8.78 Å². The molecule has 0 aliphatic carbocycles. The summed E-state index contributed by atoms with van der Waals surface area (Å²) in [6.45, 7) is 7.30. The lowest BCUT2D eigenvalue weighted by atomic mass is 9.82. The van der Waals surface area contributed by atoms with Gasteiger partial charge in [0, 0.05) is 24.7 Å². The van der Waals surface area contributed by atoms with Gasteiger partial charge in [0.2, 0.25) is 0 Å². The van der Waals surface area contributed by atoms with Gasteiger partial charge in [0.25, 0.3) is 0 Å². The lowest BCUT2D eigenvalue weighted by Gasteiger charge is -2.28. The number of halogens is 2. The number of nitrogens with zero attached hydrogens (tertiary/aromatic N) is 1. The fourth-order valence-electron chi connectivity index (χ4n) is 3.40. The molecule has 0 saturated carbocycles. The van der Waals surface area contributed by atoms with Crippen LogP contribution in [0.1, 0.15) is 44.7 Å². The summed E-state index contributed by atoms with van der Waals surface area (Å²) in [6.07, 6.45) is 3.55. The molecule has 2 rings (SSSR count). The van der Waals surface area contributed by atoms with Crippen molar-refractivity contribution >= 4 is 0 Å². The van der Waals surface area contributed by atoms with Crippen LogP contribution in [-0.4, -0.2) is 31.6 Å². The maximum atomic E-state index is 14.0. The highest BCUT2D eigenvalue weighted by Crippen LogP contribution is 2.37. The van der Waals surface area contributed by atoms with Crippen molar-refractivity contribution in [3.05, 3.63) is 35.4 Å². The summed E-state index contributed by atoms with van der Waals surface area (Å²) in [7, 11) is 1.80. The van der Waals surface area contributed by atoms with Crippen molar-refractivity contribution in [3.63, 3.8) is 0 Å². The maximum Gasteiger partial charge on any atom is 0.163 e. The van der Waals surface area contributed by atoms with E-state index in [0.717, 1.165) is 19.6 Å². The molecule has 1 aliphatic heterocycles. The molecular formula is C17H26F2N2. The second kappa shape index (κ2) is 6.84. The molecule has 0 spiro atoms. The van der Waals surface area contributed by atoms with Crippen molar-refractivity contribution in [2.24, 2.45) is 5.41 Å². The third-order valence-corrected chi connectivity index (χ3v) is 5.16. The molecule has 1 unspecified atom stereocenters. The second-order valence-electron chi connectivity index (χ2n) is 6.18. The molecule has 1 aromatic carbocycles. The third kappa shape index (κ3) is 3.43. The molecule has 0 bridgehead atoms. The van der Waals surface area contributed by atoms with Crippen LogP contribution >= 0.6 is 0 Å². The third-order valence-electron chi connectivity index (χ3n) is 5.16. The molecule has 0 radical (unpaired) electrons. The quantitative estimate of drug-likeness (QED) is 0.860. The van der Waals surface area contributed by atoms with Gasteiger partial charge in [-0.25, -0.2) is 8.78 Å². The molecule has 1 aromatic rings. The molecule has 1 aliphatic rings. The predicted octanol–water partition coefficient (Wildman–Crippen LogP) is 3.74. The van der Waals surface area contributed by atoms with Gasteiger partial charge in [-0.2, -0.15) is 0 Å². The minimum absolute atomic E-state index is 0.176. The summed E-state index contributed by atoms with van der Waals surface area (Å²) in [6, 6.07) is 4.23. The van der Waals surface area contributed by atoms with E-state index in [1.54, 1.807) is 19.2 Å². The number of hydrogen-bond donors (Lipinski definition) is 1.